The molecular formula is C14H18N4OS. The van der Waals surface area contributed by atoms with Gasteiger partial charge in [0, 0.05) is 24.2 Å². The summed E-state index contributed by atoms with van der Waals surface area (Å²) in [5.74, 6) is 0. The summed E-state index contributed by atoms with van der Waals surface area (Å²) >= 11 is 1.63. The number of nitrogens with zero attached hydrogens (tertiary/aromatic N) is 2. The highest BCUT2D eigenvalue weighted by atomic mass is 32.1. The third kappa shape index (κ3) is 2.13. The van der Waals surface area contributed by atoms with Crippen LogP contribution in [0.1, 0.15) is 32.1 Å². The van der Waals surface area contributed by atoms with E-state index in [1.54, 1.807) is 11.3 Å². The molecule has 2 fully saturated rings. The van der Waals surface area contributed by atoms with Gasteiger partial charge >= 0.3 is 0 Å². The van der Waals surface area contributed by atoms with Crippen molar-refractivity contribution in [3.8, 4) is 10.7 Å². The molecule has 2 aromatic rings. The van der Waals surface area contributed by atoms with Crippen molar-refractivity contribution in [3.05, 3.63) is 17.8 Å². The summed E-state index contributed by atoms with van der Waals surface area (Å²) in [6.45, 7) is 0.863. The van der Waals surface area contributed by atoms with Crippen LogP contribution in [0.25, 0.3) is 10.7 Å². The number of ether oxygens (including phenoxy) is 1. The molecule has 20 heavy (non-hydrogen) atoms. The average molecular weight is 290 g/mol. The molecule has 1 atom stereocenters. The molecule has 2 aliphatic rings. The van der Waals surface area contributed by atoms with E-state index in [4.69, 9.17) is 4.74 Å². The van der Waals surface area contributed by atoms with E-state index in [0.29, 0.717) is 6.04 Å². The van der Waals surface area contributed by atoms with Crippen LogP contribution < -0.4 is 5.32 Å². The van der Waals surface area contributed by atoms with Gasteiger partial charge in [-0.3, -0.25) is 5.10 Å². The van der Waals surface area contributed by atoms with Crippen LogP contribution in [0.3, 0.4) is 0 Å². The smallest absolute Gasteiger partial charge is 0.143 e. The van der Waals surface area contributed by atoms with Crippen molar-refractivity contribution >= 4 is 17.0 Å². The topological polar surface area (TPSA) is 62.8 Å². The Bertz CT molecular complexity index is 576. The van der Waals surface area contributed by atoms with Crippen molar-refractivity contribution < 1.29 is 4.74 Å². The highest BCUT2D eigenvalue weighted by Crippen LogP contribution is 2.43. The average Bonchev–Trinajstić information content (AvgIpc) is 3.07. The van der Waals surface area contributed by atoms with E-state index in [-0.39, 0.29) is 5.60 Å². The maximum atomic E-state index is 5.98. The SMILES string of the molecule is c1csc(-c2[nH]ncc2N[C@H]2CCOC3(CCC3)C2)n1. The van der Waals surface area contributed by atoms with Crippen LogP contribution in [0.4, 0.5) is 5.69 Å². The van der Waals surface area contributed by atoms with Gasteiger partial charge in [0.05, 0.1) is 17.5 Å². The van der Waals surface area contributed by atoms with E-state index < -0.39 is 0 Å². The molecule has 1 saturated heterocycles. The number of H-pyrrole nitrogens is 1. The molecule has 1 aliphatic heterocycles. The molecule has 1 aliphatic carbocycles. The predicted molar refractivity (Wildman–Crippen MR) is 78.9 cm³/mol. The van der Waals surface area contributed by atoms with E-state index in [1.807, 2.05) is 17.8 Å². The van der Waals surface area contributed by atoms with Gasteiger partial charge in [0.1, 0.15) is 10.7 Å². The fourth-order valence-electron chi connectivity index (χ4n) is 3.20. The first-order valence-corrected chi connectivity index (χ1v) is 8.06. The molecular weight excluding hydrogens is 272 g/mol. The number of aromatic amines is 1. The summed E-state index contributed by atoms with van der Waals surface area (Å²) in [5.41, 5.74) is 2.22. The number of hydrogen-bond donors (Lipinski definition) is 2. The molecule has 0 amide bonds. The van der Waals surface area contributed by atoms with Gasteiger partial charge < -0.3 is 10.1 Å². The van der Waals surface area contributed by atoms with Gasteiger partial charge in [-0.05, 0) is 32.1 Å². The zero-order chi connectivity index (χ0) is 13.4. The summed E-state index contributed by atoms with van der Waals surface area (Å²) in [7, 11) is 0. The Morgan fingerprint density at radius 3 is 3.15 bits per heavy atom. The van der Waals surface area contributed by atoms with Gasteiger partial charge in [-0.25, -0.2) is 4.98 Å². The Morgan fingerprint density at radius 2 is 2.40 bits per heavy atom. The fourth-order valence-corrected chi connectivity index (χ4v) is 3.84. The number of rotatable bonds is 3. The van der Waals surface area contributed by atoms with Crippen molar-refractivity contribution in [2.24, 2.45) is 0 Å². The third-order valence-electron chi connectivity index (χ3n) is 4.40. The van der Waals surface area contributed by atoms with Crippen LogP contribution in [0.2, 0.25) is 0 Å². The second kappa shape index (κ2) is 4.86. The summed E-state index contributed by atoms with van der Waals surface area (Å²) in [4.78, 5) is 4.35. The number of hydrogen-bond acceptors (Lipinski definition) is 5. The zero-order valence-corrected chi connectivity index (χ0v) is 12.1. The van der Waals surface area contributed by atoms with E-state index in [9.17, 15) is 0 Å². The molecule has 2 N–H and O–H groups in total. The van der Waals surface area contributed by atoms with Crippen LogP contribution in [-0.4, -0.2) is 33.4 Å². The maximum absolute atomic E-state index is 5.98. The second-order valence-electron chi connectivity index (χ2n) is 5.72. The van der Waals surface area contributed by atoms with Gasteiger partial charge in [-0.15, -0.1) is 11.3 Å². The molecule has 4 rings (SSSR count). The van der Waals surface area contributed by atoms with Crippen LogP contribution >= 0.6 is 11.3 Å². The number of thiazole rings is 1. The van der Waals surface area contributed by atoms with Crippen LogP contribution in [0.15, 0.2) is 17.8 Å². The lowest BCUT2D eigenvalue weighted by Gasteiger charge is -2.47. The van der Waals surface area contributed by atoms with Gasteiger partial charge in [0.25, 0.3) is 0 Å². The molecule has 1 saturated carbocycles. The van der Waals surface area contributed by atoms with Gasteiger partial charge in [0.2, 0.25) is 0 Å². The van der Waals surface area contributed by atoms with Gasteiger partial charge in [-0.1, -0.05) is 0 Å². The van der Waals surface area contributed by atoms with Crippen LogP contribution in [0.5, 0.6) is 0 Å². The highest BCUT2D eigenvalue weighted by molar-refractivity contribution is 7.13. The quantitative estimate of drug-likeness (QED) is 0.912. The summed E-state index contributed by atoms with van der Waals surface area (Å²) in [6, 6.07) is 0.473. The van der Waals surface area contributed by atoms with Crippen LogP contribution in [0, 0.1) is 0 Å². The highest BCUT2D eigenvalue weighted by Gasteiger charge is 2.42. The van der Waals surface area contributed by atoms with E-state index in [1.165, 1.54) is 19.3 Å². The first-order valence-electron chi connectivity index (χ1n) is 7.18. The van der Waals surface area contributed by atoms with Crippen LogP contribution in [-0.2, 0) is 4.74 Å². The molecule has 1 spiro atoms. The fraction of sp³-hybridized carbons (Fsp3) is 0.571. The summed E-state index contributed by atoms with van der Waals surface area (Å²) in [6.07, 6.45) is 9.59. The standard InChI is InChI=1S/C14H18N4OS/c1-3-14(4-1)8-10(2-6-19-14)17-11-9-16-18-12(11)13-15-5-7-20-13/h5,7,9-10,17H,1-4,6,8H2,(H,16,18)/t10-/m0/s1. The maximum Gasteiger partial charge on any atom is 0.143 e. The second-order valence-corrected chi connectivity index (χ2v) is 6.61. The Balaban J connectivity index is 1.50. The monoisotopic (exact) mass is 290 g/mol. The predicted octanol–water partition coefficient (Wildman–Crippen LogP) is 3.05. The molecule has 0 bridgehead atoms. The molecule has 3 heterocycles. The molecule has 6 heteroatoms. The number of aromatic nitrogens is 3. The van der Waals surface area contributed by atoms with Crippen molar-refractivity contribution in [2.45, 2.75) is 43.7 Å². The molecule has 0 unspecified atom stereocenters. The normalized spacial score (nSPS) is 24.5. The Labute approximate surface area is 121 Å². The molecule has 5 nitrogen and oxygen atoms in total. The first-order chi connectivity index (χ1) is 9.85. The lowest BCUT2D eigenvalue weighted by atomic mass is 9.74. The van der Waals surface area contributed by atoms with Crippen molar-refractivity contribution in [1.29, 1.82) is 0 Å². The van der Waals surface area contributed by atoms with Gasteiger partial charge in [-0.2, -0.15) is 5.10 Å². The van der Waals surface area contributed by atoms with E-state index >= 15 is 0 Å². The molecule has 0 aromatic carbocycles. The Kier molecular flexibility index (Phi) is 3.00. The van der Waals surface area contributed by atoms with E-state index in [0.717, 1.165) is 35.8 Å². The lowest BCUT2D eigenvalue weighted by molar-refractivity contribution is -0.130. The molecule has 106 valence electrons. The van der Waals surface area contributed by atoms with Crippen molar-refractivity contribution in [1.82, 2.24) is 15.2 Å². The number of anilines is 1. The number of nitrogens with one attached hydrogen (secondary N) is 2. The zero-order valence-electron chi connectivity index (χ0n) is 11.3. The minimum atomic E-state index is 0.168. The largest absolute Gasteiger partial charge is 0.379 e. The molecule has 2 aromatic heterocycles. The van der Waals surface area contributed by atoms with Gasteiger partial charge in [0.15, 0.2) is 0 Å². The Morgan fingerprint density at radius 1 is 1.45 bits per heavy atom. The minimum absolute atomic E-state index is 0.168. The molecule has 0 radical (unpaired) electrons. The van der Waals surface area contributed by atoms with Crippen molar-refractivity contribution in [3.63, 3.8) is 0 Å². The third-order valence-corrected chi connectivity index (χ3v) is 5.19. The summed E-state index contributed by atoms with van der Waals surface area (Å²) in [5, 5.41) is 13.8. The minimum Gasteiger partial charge on any atom is -0.379 e. The lowest BCUT2D eigenvalue weighted by Crippen LogP contribution is -2.49. The first kappa shape index (κ1) is 12.3. The van der Waals surface area contributed by atoms with E-state index in [2.05, 4.69) is 20.5 Å². The van der Waals surface area contributed by atoms with Crippen molar-refractivity contribution in [2.75, 3.05) is 11.9 Å². The Hall–Kier alpha value is -1.40. The summed E-state index contributed by atoms with van der Waals surface area (Å²) < 4.78 is 5.98.